The lowest BCUT2D eigenvalue weighted by molar-refractivity contribution is 0.164. The summed E-state index contributed by atoms with van der Waals surface area (Å²) in [7, 11) is 0. The molecule has 1 nitrogen and oxygen atoms in total. The highest BCUT2D eigenvalue weighted by Gasteiger charge is 2.54. The van der Waals surface area contributed by atoms with Crippen LogP contribution in [0, 0.1) is 23.7 Å². The minimum Gasteiger partial charge on any atom is -0.381 e. The van der Waals surface area contributed by atoms with Crippen molar-refractivity contribution in [2.75, 3.05) is 13.2 Å². The molecule has 3 rings (SSSR count). The van der Waals surface area contributed by atoms with Crippen LogP contribution in [0.25, 0.3) is 0 Å². The van der Waals surface area contributed by atoms with Gasteiger partial charge in [0.2, 0.25) is 0 Å². The standard InChI is InChI=1S/C9H13ClO/c10-9-2-5-1-6(9)8-4-11-3-7(5)8/h5-9H,1-4H2/t5-,6+,7-,8-,9-/m1/s1. The Balaban J connectivity index is 1.90. The molecule has 3 fully saturated rings. The number of hydrogen-bond donors (Lipinski definition) is 0. The van der Waals surface area contributed by atoms with Crippen LogP contribution in [0.4, 0.5) is 0 Å². The summed E-state index contributed by atoms with van der Waals surface area (Å²) in [4.78, 5) is 0. The predicted octanol–water partition coefficient (Wildman–Crippen LogP) is 1.90. The average molecular weight is 173 g/mol. The highest BCUT2D eigenvalue weighted by molar-refractivity contribution is 6.21. The Bertz CT molecular complexity index is 182. The Morgan fingerprint density at radius 2 is 1.82 bits per heavy atom. The van der Waals surface area contributed by atoms with E-state index in [-0.39, 0.29) is 0 Å². The van der Waals surface area contributed by atoms with Gasteiger partial charge in [0.1, 0.15) is 0 Å². The zero-order valence-electron chi connectivity index (χ0n) is 6.50. The second-order valence-corrected chi connectivity index (χ2v) is 4.84. The smallest absolute Gasteiger partial charge is 0.0501 e. The number of ether oxygens (including phenoxy) is 1. The van der Waals surface area contributed by atoms with Crippen molar-refractivity contribution in [2.24, 2.45) is 23.7 Å². The number of halogens is 1. The lowest BCUT2D eigenvalue weighted by Crippen LogP contribution is -2.27. The molecule has 1 saturated heterocycles. The van der Waals surface area contributed by atoms with Crippen molar-refractivity contribution in [1.29, 1.82) is 0 Å². The first-order valence-corrected chi connectivity index (χ1v) is 5.01. The summed E-state index contributed by atoms with van der Waals surface area (Å²) in [6.45, 7) is 2.02. The first kappa shape index (κ1) is 6.73. The van der Waals surface area contributed by atoms with Crippen molar-refractivity contribution < 1.29 is 4.74 Å². The first-order valence-electron chi connectivity index (χ1n) is 4.58. The molecule has 2 aliphatic carbocycles. The molecule has 2 saturated carbocycles. The van der Waals surface area contributed by atoms with Gasteiger partial charge in [-0.15, -0.1) is 11.6 Å². The van der Waals surface area contributed by atoms with Crippen LogP contribution in [0.1, 0.15) is 12.8 Å². The lowest BCUT2D eigenvalue weighted by Gasteiger charge is -2.25. The van der Waals surface area contributed by atoms with Crippen LogP contribution in [0.2, 0.25) is 0 Å². The minimum atomic E-state index is 0.475. The summed E-state index contributed by atoms with van der Waals surface area (Å²) in [6.07, 6.45) is 2.66. The van der Waals surface area contributed by atoms with Crippen molar-refractivity contribution in [3.05, 3.63) is 0 Å². The van der Waals surface area contributed by atoms with Crippen molar-refractivity contribution in [3.63, 3.8) is 0 Å². The van der Waals surface area contributed by atoms with Crippen LogP contribution in [0.15, 0.2) is 0 Å². The molecule has 0 N–H and O–H groups in total. The number of alkyl halides is 1. The number of fused-ring (bicyclic) bond motifs is 5. The maximum Gasteiger partial charge on any atom is 0.0501 e. The van der Waals surface area contributed by atoms with Gasteiger partial charge in [0.15, 0.2) is 0 Å². The molecule has 1 heterocycles. The highest BCUT2D eigenvalue weighted by atomic mass is 35.5. The number of rotatable bonds is 0. The summed E-state index contributed by atoms with van der Waals surface area (Å²) >= 11 is 6.22. The molecule has 0 unspecified atom stereocenters. The minimum absolute atomic E-state index is 0.475. The third-order valence-corrected chi connectivity index (χ3v) is 4.40. The van der Waals surface area contributed by atoms with Crippen molar-refractivity contribution in [1.82, 2.24) is 0 Å². The van der Waals surface area contributed by atoms with E-state index in [1.165, 1.54) is 12.8 Å². The second kappa shape index (κ2) is 2.14. The van der Waals surface area contributed by atoms with E-state index < -0.39 is 0 Å². The summed E-state index contributed by atoms with van der Waals surface area (Å²) in [5, 5.41) is 0.475. The van der Waals surface area contributed by atoms with E-state index in [9.17, 15) is 0 Å². The van der Waals surface area contributed by atoms with Gasteiger partial charge in [-0.05, 0) is 36.5 Å². The fourth-order valence-electron chi connectivity index (χ4n) is 3.36. The Labute approximate surface area is 72.1 Å². The Hall–Kier alpha value is 0.250. The summed E-state index contributed by atoms with van der Waals surface area (Å²) in [6, 6.07) is 0. The van der Waals surface area contributed by atoms with Gasteiger partial charge in [0.25, 0.3) is 0 Å². The molecule has 11 heavy (non-hydrogen) atoms. The Morgan fingerprint density at radius 1 is 1.00 bits per heavy atom. The zero-order valence-corrected chi connectivity index (χ0v) is 7.26. The van der Waals surface area contributed by atoms with E-state index in [0.717, 1.165) is 36.9 Å². The molecule has 3 aliphatic rings. The van der Waals surface area contributed by atoms with Gasteiger partial charge < -0.3 is 4.74 Å². The lowest BCUT2D eigenvalue weighted by atomic mass is 9.82. The van der Waals surface area contributed by atoms with Gasteiger partial charge in [-0.1, -0.05) is 0 Å². The Kier molecular flexibility index (Phi) is 1.31. The predicted molar refractivity (Wildman–Crippen MR) is 43.7 cm³/mol. The van der Waals surface area contributed by atoms with E-state index >= 15 is 0 Å². The summed E-state index contributed by atoms with van der Waals surface area (Å²) in [5.74, 6) is 3.43. The van der Waals surface area contributed by atoms with E-state index in [4.69, 9.17) is 16.3 Å². The van der Waals surface area contributed by atoms with Crippen LogP contribution in [0.5, 0.6) is 0 Å². The zero-order chi connectivity index (χ0) is 7.42. The van der Waals surface area contributed by atoms with Gasteiger partial charge in [0.05, 0.1) is 13.2 Å². The molecule has 0 spiro atoms. The topological polar surface area (TPSA) is 9.23 Å². The third-order valence-electron chi connectivity index (χ3n) is 3.89. The summed E-state index contributed by atoms with van der Waals surface area (Å²) in [5.41, 5.74) is 0. The molecule has 0 aromatic rings. The number of hydrogen-bond acceptors (Lipinski definition) is 1. The molecule has 5 atom stereocenters. The van der Waals surface area contributed by atoms with Gasteiger partial charge in [-0.3, -0.25) is 0 Å². The molecular formula is C9H13ClO. The maximum absolute atomic E-state index is 6.22. The molecule has 0 aromatic carbocycles. The van der Waals surface area contributed by atoms with Gasteiger partial charge in [0, 0.05) is 5.38 Å². The monoisotopic (exact) mass is 172 g/mol. The van der Waals surface area contributed by atoms with Crippen molar-refractivity contribution >= 4 is 11.6 Å². The second-order valence-electron chi connectivity index (χ2n) is 4.28. The van der Waals surface area contributed by atoms with Gasteiger partial charge >= 0.3 is 0 Å². The first-order chi connectivity index (χ1) is 5.36. The van der Waals surface area contributed by atoms with Crippen LogP contribution < -0.4 is 0 Å². The molecule has 0 amide bonds. The summed E-state index contributed by atoms with van der Waals surface area (Å²) < 4.78 is 5.48. The maximum atomic E-state index is 6.22. The van der Waals surface area contributed by atoms with Gasteiger partial charge in [-0.2, -0.15) is 0 Å². The fourth-order valence-corrected chi connectivity index (χ4v) is 3.88. The van der Waals surface area contributed by atoms with E-state index in [0.29, 0.717) is 5.38 Å². The molecule has 0 aromatic heterocycles. The van der Waals surface area contributed by atoms with E-state index in [1.807, 2.05) is 0 Å². The Morgan fingerprint density at radius 3 is 2.73 bits per heavy atom. The van der Waals surface area contributed by atoms with Crippen molar-refractivity contribution in [3.8, 4) is 0 Å². The van der Waals surface area contributed by atoms with Crippen LogP contribution >= 0.6 is 11.6 Å². The van der Waals surface area contributed by atoms with Gasteiger partial charge in [-0.25, -0.2) is 0 Å². The highest BCUT2D eigenvalue weighted by Crippen LogP contribution is 2.56. The fraction of sp³-hybridized carbons (Fsp3) is 1.00. The molecule has 2 heteroatoms. The largest absolute Gasteiger partial charge is 0.381 e. The molecular weight excluding hydrogens is 160 g/mol. The van der Waals surface area contributed by atoms with Crippen molar-refractivity contribution in [2.45, 2.75) is 18.2 Å². The van der Waals surface area contributed by atoms with E-state index in [1.54, 1.807) is 0 Å². The van der Waals surface area contributed by atoms with Crippen LogP contribution in [0.3, 0.4) is 0 Å². The van der Waals surface area contributed by atoms with Crippen LogP contribution in [-0.2, 0) is 4.74 Å². The molecule has 1 aliphatic heterocycles. The molecule has 62 valence electrons. The van der Waals surface area contributed by atoms with E-state index in [2.05, 4.69) is 0 Å². The molecule has 0 radical (unpaired) electrons. The molecule has 2 bridgehead atoms. The van der Waals surface area contributed by atoms with Crippen LogP contribution in [-0.4, -0.2) is 18.6 Å². The third kappa shape index (κ3) is 0.762. The normalized spacial score (nSPS) is 60.3. The quantitative estimate of drug-likeness (QED) is 0.508. The SMILES string of the molecule is Cl[C@@H]1C[C@H]2C[C@H]1[C@H]1COC[C@H]21. The average Bonchev–Trinajstić information content (AvgIpc) is 2.52.